The molecule has 9 heteroatoms. The predicted octanol–water partition coefficient (Wildman–Crippen LogP) is 5.16. The minimum absolute atomic E-state index is 0.0448. The molecule has 1 saturated carbocycles. The van der Waals surface area contributed by atoms with Gasteiger partial charge in [0.1, 0.15) is 23.3 Å². The van der Waals surface area contributed by atoms with Crippen molar-refractivity contribution in [1.29, 1.82) is 0 Å². The fourth-order valence-electron chi connectivity index (χ4n) is 5.04. The van der Waals surface area contributed by atoms with Crippen molar-refractivity contribution in [3.8, 4) is 11.3 Å². The summed E-state index contributed by atoms with van der Waals surface area (Å²) in [4.78, 5) is 2.20. The summed E-state index contributed by atoms with van der Waals surface area (Å²) in [5.41, 5.74) is 0.263. The quantitative estimate of drug-likeness (QED) is 0.422. The molecule has 4 nitrogen and oxygen atoms in total. The SMILES string of the molecule is Fc1ccc(CN2C[C@H]3CC(Nc4ccc(-c5cc(F)cc(F)c5F)nn4)C[C@H]3C2)c(F)c1. The monoisotopic (exact) mass is 460 g/mol. The van der Waals surface area contributed by atoms with E-state index in [1.807, 2.05) is 0 Å². The molecule has 0 radical (unpaired) electrons. The Labute approximate surface area is 187 Å². The Morgan fingerprint density at radius 2 is 1.55 bits per heavy atom. The Morgan fingerprint density at radius 3 is 2.21 bits per heavy atom. The third-order valence-electron chi connectivity index (χ3n) is 6.52. The van der Waals surface area contributed by atoms with Crippen molar-refractivity contribution in [2.75, 3.05) is 18.4 Å². The van der Waals surface area contributed by atoms with Crippen LogP contribution in [-0.2, 0) is 6.54 Å². The Kier molecular flexibility index (Phi) is 5.74. The molecule has 2 heterocycles. The molecular weight excluding hydrogens is 439 g/mol. The number of likely N-dealkylation sites (tertiary alicyclic amines) is 1. The Hall–Kier alpha value is -3.07. The van der Waals surface area contributed by atoms with Crippen molar-refractivity contribution >= 4 is 5.82 Å². The molecule has 1 aromatic heterocycles. The van der Waals surface area contributed by atoms with Gasteiger partial charge in [-0.25, -0.2) is 22.0 Å². The van der Waals surface area contributed by atoms with Crippen molar-refractivity contribution in [3.63, 3.8) is 0 Å². The van der Waals surface area contributed by atoms with Crippen LogP contribution in [0.4, 0.5) is 27.8 Å². The van der Waals surface area contributed by atoms with Crippen LogP contribution in [0.3, 0.4) is 0 Å². The maximum absolute atomic E-state index is 14.0. The Balaban J connectivity index is 1.18. The van der Waals surface area contributed by atoms with Gasteiger partial charge in [0.25, 0.3) is 0 Å². The summed E-state index contributed by atoms with van der Waals surface area (Å²) in [5.74, 6) is -3.00. The van der Waals surface area contributed by atoms with E-state index in [4.69, 9.17) is 0 Å². The number of halogens is 5. The number of rotatable bonds is 5. The number of benzene rings is 2. The lowest BCUT2D eigenvalue weighted by molar-refractivity contribution is 0.296. The molecule has 1 aliphatic heterocycles. The van der Waals surface area contributed by atoms with Crippen LogP contribution in [0.2, 0.25) is 0 Å². The van der Waals surface area contributed by atoms with Gasteiger partial charge in [-0.15, -0.1) is 10.2 Å². The molecule has 1 unspecified atom stereocenters. The van der Waals surface area contributed by atoms with E-state index in [2.05, 4.69) is 20.4 Å². The van der Waals surface area contributed by atoms with Gasteiger partial charge in [0.15, 0.2) is 11.6 Å². The molecule has 1 aliphatic carbocycles. The normalized spacial score (nSPS) is 22.5. The smallest absolute Gasteiger partial charge is 0.168 e. The first-order valence-electron chi connectivity index (χ1n) is 10.8. The first kappa shape index (κ1) is 21.8. The lowest BCUT2D eigenvalue weighted by Gasteiger charge is -2.20. The third kappa shape index (κ3) is 4.55. The van der Waals surface area contributed by atoms with E-state index in [0.29, 0.717) is 35.8 Å². The number of aromatic nitrogens is 2. The van der Waals surface area contributed by atoms with Crippen molar-refractivity contribution in [2.24, 2.45) is 11.8 Å². The minimum atomic E-state index is -1.28. The van der Waals surface area contributed by atoms with E-state index in [9.17, 15) is 22.0 Å². The minimum Gasteiger partial charge on any atom is -0.366 e. The van der Waals surface area contributed by atoms with Gasteiger partial charge in [0.2, 0.25) is 0 Å². The number of nitrogens with zero attached hydrogens (tertiary/aromatic N) is 3. The fourth-order valence-corrected chi connectivity index (χ4v) is 5.04. The first-order valence-corrected chi connectivity index (χ1v) is 10.8. The molecule has 3 aromatic rings. The zero-order valence-electron chi connectivity index (χ0n) is 17.5. The second kappa shape index (κ2) is 8.70. The van der Waals surface area contributed by atoms with Crippen LogP contribution in [0, 0.1) is 40.9 Å². The second-order valence-corrected chi connectivity index (χ2v) is 8.82. The highest BCUT2D eigenvalue weighted by Crippen LogP contribution is 2.39. The van der Waals surface area contributed by atoms with Gasteiger partial charge in [0.05, 0.1) is 5.69 Å². The van der Waals surface area contributed by atoms with Crippen LogP contribution < -0.4 is 5.32 Å². The van der Waals surface area contributed by atoms with Crippen LogP contribution in [0.15, 0.2) is 42.5 Å². The summed E-state index contributed by atoms with van der Waals surface area (Å²) in [5, 5.41) is 11.3. The maximum Gasteiger partial charge on any atom is 0.168 e. The van der Waals surface area contributed by atoms with Gasteiger partial charge in [-0.2, -0.15) is 0 Å². The van der Waals surface area contributed by atoms with Gasteiger partial charge in [-0.1, -0.05) is 6.07 Å². The summed E-state index contributed by atoms with van der Waals surface area (Å²) in [6, 6.07) is 8.33. The summed E-state index contributed by atoms with van der Waals surface area (Å²) in [6.45, 7) is 2.14. The largest absolute Gasteiger partial charge is 0.366 e. The lowest BCUT2D eigenvalue weighted by Crippen LogP contribution is -2.25. The highest BCUT2D eigenvalue weighted by Gasteiger charge is 2.41. The second-order valence-electron chi connectivity index (χ2n) is 8.82. The highest BCUT2D eigenvalue weighted by atomic mass is 19.2. The number of hydrogen-bond donors (Lipinski definition) is 1. The molecule has 2 fully saturated rings. The molecule has 172 valence electrons. The van der Waals surface area contributed by atoms with E-state index < -0.39 is 29.1 Å². The molecule has 2 aliphatic rings. The average Bonchev–Trinajstić information content (AvgIpc) is 3.31. The van der Waals surface area contributed by atoms with Crippen molar-refractivity contribution in [1.82, 2.24) is 15.1 Å². The van der Waals surface area contributed by atoms with E-state index >= 15 is 0 Å². The third-order valence-corrected chi connectivity index (χ3v) is 6.52. The molecule has 3 atom stereocenters. The van der Waals surface area contributed by atoms with Gasteiger partial charge in [-0.3, -0.25) is 4.90 Å². The van der Waals surface area contributed by atoms with E-state index in [0.717, 1.165) is 38.1 Å². The summed E-state index contributed by atoms with van der Waals surface area (Å²) >= 11 is 0. The van der Waals surface area contributed by atoms with Crippen LogP contribution >= 0.6 is 0 Å². The van der Waals surface area contributed by atoms with Crippen molar-refractivity contribution < 1.29 is 22.0 Å². The molecule has 5 rings (SSSR count). The first-order chi connectivity index (χ1) is 15.9. The number of anilines is 1. The summed E-state index contributed by atoms with van der Waals surface area (Å²) < 4.78 is 67.9. The maximum atomic E-state index is 14.0. The van der Waals surface area contributed by atoms with Gasteiger partial charge in [-0.05, 0) is 48.9 Å². The molecule has 0 spiro atoms. The van der Waals surface area contributed by atoms with E-state index in [-0.39, 0.29) is 17.3 Å². The lowest BCUT2D eigenvalue weighted by atomic mass is 10.0. The zero-order valence-corrected chi connectivity index (χ0v) is 17.5. The van der Waals surface area contributed by atoms with Gasteiger partial charge in [0, 0.05) is 48.9 Å². The molecule has 0 amide bonds. The highest BCUT2D eigenvalue weighted by molar-refractivity contribution is 5.60. The molecule has 0 bridgehead atoms. The van der Waals surface area contributed by atoms with Crippen molar-refractivity contribution in [3.05, 3.63) is 77.1 Å². The topological polar surface area (TPSA) is 41.0 Å². The van der Waals surface area contributed by atoms with Crippen LogP contribution in [0.25, 0.3) is 11.3 Å². The predicted molar refractivity (Wildman–Crippen MR) is 113 cm³/mol. The van der Waals surface area contributed by atoms with Gasteiger partial charge >= 0.3 is 0 Å². The zero-order chi connectivity index (χ0) is 23.1. The molecular formula is C24H21F5N4. The molecule has 2 aromatic carbocycles. The average molecular weight is 460 g/mol. The standard InChI is InChI=1S/C24H21F5N4/c25-16-2-1-13(20(27)8-16)10-33-11-14-5-18(6-15(14)12-33)30-23-4-3-22(31-32-23)19-7-17(26)9-21(28)24(19)29/h1-4,7-9,14-15,18H,5-6,10-12H2,(H,30,32)/t14-,15+,18?. The van der Waals surface area contributed by atoms with Crippen molar-refractivity contribution in [2.45, 2.75) is 25.4 Å². The summed E-state index contributed by atoms with van der Waals surface area (Å²) in [6.07, 6.45) is 1.83. The molecule has 1 N–H and O–H groups in total. The number of nitrogens with one attached hydrogen (secondary N) is 1. The van der Waals surface area contributed by atoms with Crippen LogP contribution in [0.1, 0.15) is 18.4 Å². The summed E-state index contributed by atoms with van der Waals surface area (Å²) in [7, 11) is 0. The van der Waals surface area contributed by atoms with Gasteiger partial charge < -0.3 is 5.32 Å². The van der Waals surface area contributed by atoms with Crippen LogP contribution in [-0.4, -0.2) is 34.2 Å². The Morgan fingerprint density at radius 1 is 0.818 bits per heavy atom. The van der Waals surface area contributed by atoms with E-state index in [1.54, 1.807) is 6.07 Å². The molecule has 1 saturated heterocycles. The number of fused-ring (bicyclic) bond motifs is 1. The fraction of sp³-hybridized carbons (Fsp3) is 0.333. The number of hydrogen-bond acceptors (Lipinski definition) is 4. The molecule has 33 heavy (non-hydrogen) atoms. The van der Waals surface area contributed by atoms with Crippen LogP contribution in [0.5, 0.6) is 0 Å². The Bertz CT molecular complexity index is 1160. The van der Waals surface area contributed by atoms with E-state index in [1.165, 1.54) is 18.2 Å².